The maximum Gasteiger partial charge on any atom is 0.418 e. The molecule has 0 radical (unpaired) electrons. The minimum atomic E-state index is -0.619. The van der Waals surface area contributed by atoms with Gasteiger partial charge in [-0.05, 0) is 19.4 Å². The molecule has 0 aliphatic carbocycles. The van der Waals surface area contributed by atoms with Gasteiger partial charge in [-0.25, -0.2) is 9.59 Å². The van der Waals surface area contributed by atoms with Crippen LogP contribution < -0.4 is 9.88 Å². The third-order valence-corrected chi connectivity index (χ3v) is 9.11. The highest BCUT2D eigenvalue weighted by molar-refractivity contribution is 7.09. The van der Waals surface area contributed by atoms with Crippen molar-refractivity contribution >= 4 is 29.3 Å². The maximum atomic E-state index is 12.9. The van der Waals surface area contributed by atoms with E-state index in [4.69, 9.17) is 14.2 Å². The van der Waals surface area contributed by atoms with Crippen molar-refractivity contribution in [3.63, 3.8) is 0 Å². The monoisotopic (exact) mass is 648 g/mol. The second kappa shape index (κ2) is 23.6. The molecule has 10 heteroatoms. The number of carbonyl (C=O) groups is 3. The molecular formula is C35H58N3O6S+. The molecule has 0 bridgehead atoms. The lowest BCUT2D eigenvalue weighted by Crippen LogP contribution is -2.33. The van der Waals surface area contributed by atoms with Gasteiger partial charge in [-0.2, -0.15) is 4.57 Å². The Balaban J connectivity index is 1.53. The molecule has 45 heavy (non-hydrogen) atoms. The van der Waals surface area contributed by atoms with E-state index in [1.54, 1.807) is 17.4 Å². The van der Waals surface area contributed by atoms with E-state index >= 15 is 0 Å². The molecule has 2 heterocycles. The van der Waals surface area contributed by atoms with Crippen LogP contribution in [-0.4, -0.2) is 55.5 Å². The number of ketones is 1. The number of rotatable bonds is 25. The van der Waals surface area contributed by atoms with E-state index < -0.39 is 18.3 Å². The Labute approximate surface area is 275 Å². The first-order valence-electron chi connectivity index (χ1n) is 17.1. The summed E-state index contributed by atoms with van der Waals surface area (Å²) >= 11 is 1.57. The van der Waals surface area contributed by atoms with Gasteiger partial charge in [-0.1, -0.05) is 115 Å². The van der Waals surface area contributed by atoms with Gasteiger partial charge in [0, 0.05) is 31.1 Å². The van der Waals surface area contributed by atoms with Gasteiger partial charge in [-0.3, -0.25) is 9.36 Å². The number of amides is 1. The highest BCUT2D eigenvalue weighted by Crippen LogP contribution is 2.17. The molecule has 2 aromatic rings. The summed E-state index contributed by atoms with van der Waals surface area (Å²) in [4.78, 5) is 37.0. The van der Waals surface area contributed by atoms with Crippen molar-refractivity contribution in [1.29, 1.82) is 0 Å². The van der Waals surface area contributed by atoms with Crippen molar-refractivity contribution in [3.8, 4) is 0 Å². The van der Waals surface area contributed by atoms with Gasteiger partial charge in [0.25, 0.3) is 0 Å². The number of Topliss-reactive ketones (excluding diaryl/α,β-unsaturated/α-hetero) is 1. The smallest absolute Gasteiger partial charge is 0.418 e. The minimum Gasteiger partial charge on any atom is -0.447 e. The number of thiazole rings is 1. The fraction of sp³-hybridized carbons (Fsp3) is 0.714. The predicted molar refractivity (Wildman–Crippen MR) is 179 cm³/mol. The number of nitrogens with zero attached hydrogens (tertiary/aromatic N) is 2. The standard InChI is InChI=1S/C35H57N3O6S/c1-5-6-7-8-9-10-11-12-13-14-15-16-17-18-19-20-21-36-34(40)43-27-32(42-4)28-44-35(41)38-26-30(29(2)39)24-31(38)25-33-37(3)22-23-45-33/h22-24,26,32H,5-21,25,27-28H2,1-4H3/p+1. The summed E-state index contributed by atoms with van der Waals surface area (Å²) in [5.41, 5.74) is 1.09. The SMILES string of the molecule is CCCCCCCCCCCCCCCCCCNC(=O)OCC(COC(=O)n1cc(C(C)=O)cc1Cc1scc[n+]1C)OC. The van der Waals surface area contributed by atoms with Gasteiger partial charge in [0.2, 0.25) is 5.01 Å². The fourth-order valence-electron chi connectivity index (χ4n) is 5.20. The number of nitrogens with one attached hydrogen (secondary N) is 1. The normalized spacial score (nSPS) is 11.8. The molecule has 0 saturated carbocycles. The lowest BCUT2D eigenvalue weighted by atomic mass is 10.0. The molecule has 0 saturated heterocycles. The number of unbranched alkanes of at least 4 members (excludes halogenated alkanes) is 15. The van der Waals surface area contributed by atoms with Gasteiger partial charge in [0.15, 0.2) is 12.0 Å². The van der Waals surface area contributed by atoms with E-state index in [1.807, 2.05) is 23.2 Å². The average Bonchev–Trinajstić information content (AvgIpc) is 3.64. The lowest BCUT2D eigenvalue weighted by Gasteiger charge is -2.16. The molecule has 0 aliphatic rings. The van der Waals surface area contributed by atoms with Crippen molar-refractivity contribution in [2.24, 2.45) is 7.05 Å². The zero-order chi connectivity index (χ0) is 32.7. The number of hydrogen-bond acceptors (Lipinski definition) is 7. The van der Waals surface area contributed by atoms with Gasteiger partial charge >= 0.3 is 12.2 Å². The van der Waals surface area contributed by atoms with Crippen LogP contribution in [0.15, 0.2) is 23.8 Å². The molecule has 2 rings (SSSR count). The van der Waals surface area contributed by atoms with E-state index in [0.717, 1.165) is 17.8 Å². The van der Waals surface area contributed by atoms with Gasteiger partial charge in [0.1, 0.15) is 26.4 Å². The van der Waals surface area contributed by atoms with E-state index in [0.29, 0.717) is 24.2 Å². The fourth-order valence-corrected chi connectivity index (χ4v) is 6.05. The highest BCUT2D eigenvalue weighted by Gasteiger charge is 2.21. The Morgan fingerprint density at radius 3 is 1.93 bits per heavy atom. The molecule has 1 atom stereocenters. The second-order valence-electron chi connectivity index (χ2n) is 12.0. The topological polar surface area (TPSA) is 99.7 Å². The van der Waals surface area contributed by atoms with Crippen molar-refractivity contribution in [2.75, 3.05) is 26.9 Å². The lowest BCUT2D eigenvalue weighted by molar-refractivity contribution is -0.673. The zero-order valence-electron chi connectivity index (χ0n) is 28.3. The van der Waals surface area contributed by atoms with E-state index in [2.05, 4.69) is 12.2 Å². The molecule has 1 unspecified atom stereocenters. The summed E-state index contributed by atoms with van der Waals surface area (Å²) < 4.78 is 19.4. The quantitative estimate of drug-likeness (QED) is 0.0663. The third kappa shape index (κ3) is 16.4. The number of carbonyl (C=O) groups excluding carboxylic acids is 3. The largest absolute Gasteiger partial charge is 0.447 e. The first-order chi connectivity index (χ1) is 21.8. The van der Waals surface area contributed by atoms with Crippen molar-refractivity contribution in [2.45, 2.75) is 129 Å². The summed E-state index contributed by atoms with van der Waals surface area (Å²) in [5, 5.41) is 5.79. The Hall–Kier alpha value is -2.72. The summed E-state index contributed by atoms with van der Waals surface area (Å²) in [6.07, 6.45) is 23.1. The van der Waals surface area contributed by atoms with Crippen LogP contribution >= 0.6 is 11.3 Å². The molecule has 0 aliphatic heterocycles. The van der Waals surface area contributed by atoms with Crippen LogP contribution in [0, 0.1) is 0 Å². The molecule has 0 aromatic carbocycles. The van der Waals surface area contributed by atoms with Crippen LogP contribution in [0.2, 0.25) is 0 Å². The van der Waals surface area contributed by atoms with Crippen LogP contribution in [0.4, 0.5) is 9.59 Å². The van der Waals surface area contributed by atoms with Gasteiger partial charge in [0.05, 0.1) is 11.8 Å². The number of methoxy groups -OCH3 is 1. The Kier molecular flexibility index (Phi) is 20.2. The van der Waals surface area contributed by atoms with Crippen LogP contribution in [0.3, 0.4) is 0 Å². The first-order valence-corrected chi connectivity index (χ1v) is 18.0. The average molecular weight is 649 g/mol. The Morgan fingerprint density at radius 2 is 1.42 bits per heavy atom. The van der Waals surface area contributed by atoms with Crippen molar-refractivity contribution in [3.05, 3.63) is 40.1 Å². The maximum absolute atomic E-state index is 12.9. The number of alkyl carbamates (subject to hydrolysis) is 1. The van der Waals surface area contributed by atoms with E-state index in [1.165, 1.54) is 115 Å². The van der Waals surface area contributed by atoms with Crippen LogP contribution in [0.25, 0.3) is 0 Å². The minimum absolute atomic E-state index is 0.0448. The van der Waals surface area contributed by atoms with Crippen LogP contribution in [-0.2, 0) is 27.7 Å². The second-order valence-corrected chi connectivity index (χ2v) is 13.0. The zero-order valence-corrected chi connectivity index (χ0v) is 29.1. The van der Waals surface area contributed by atoms with E-state index in [-0.39, 0.29) is 19.0 Å². The van der Waals surface area contributed by atoms with Crippen LogP contribution in [0.5, 0.6) is 0 Å². The first kappa shape index (κ1) is 38.5. The van der Waals surface area contributed by atoms with Crippen LogP contribution in [0.1, 0.15) is 138 Å². The van der Waals surface area contributed by atoms with Crippen molar-refractivity contribution < 1.29 is 33.2 Å². The molecule has 1 amide bonds. The molecular weight excluding hydrogens is 590 g/mol. The predicted octanol–water partition coefficient (Wildman–Crippen LogP) is 8.15. The van der Waals surface area contributed by atoms with Gasteiger partial charge < -0.3 is 19.5 Å². The molecule has 0 fully saturated rings. The van der Waals surface area contributed by atoms with Crippen molar-refractivity contribution in [1.82, 2.24) is 9.88 Å². The Bertz CT molecular complexity index is 1110. The Morgan fingerprint density at radius 1 is 0.867 bits per heavy atom. The molecule has 0 spiro atoms. The van der Waals surface area contributed by atoms with Gasteiger partial charge in [-0.15, -0.1) is 0 Å². The number of ether oxygens (including phenoxy) is 3. The highest BCUT2D eigenvalue weighted by atomic mass is 32.1. The molecule has 254 valence electrons. The number of aryl methyl sites for hydroxylation is 1. The summed E-state index contributed by atoms with van der Waals surface area (Å²) in [6.45, 7) is 4.16. The van der Waals surface area contributed by atoms with E-state index in [9.17, 15) is 14.4 Å². The third-order valence-electron chi connectivity index (χ3n) is 8.14. The number of aromatic nitrogens is 2. The molecule has 1 N–H and O–H groups in total. The summed E-state index contributed by atoms with van der Waals surface area (Å²) in [7, 11) is 3.41. The summed E-state index contributed by atoms with van der Waals surface area (Å²) in [5.74, 6) is -0.132. The summed E-state index contributed by atoms with van der Waals surface area (Å²) in [6, 6.07) is 1.71. The molecule has 9 nitrogen and oxygen atoms in total. The number of hydrogen-bond donors (Lipinski definition) is 1. The molecule has 2 aromatic heterocycles.